The molecule has 0 aliphatic carbocycles. The highest BCUT2D eigenvalue weighted by atomic mass is 16.5. The van der Waals surface area contributed by atoms with Gasteiger partial charge in [-0.2, -0.15) is 0 Å². The SMILES string of the molecule is COC(=O)C1CC(=O)N(Cc2ccccn2)C1(C)C. The molecular formula is C14H18N2O3. The molecule has 1 atom stereocenters. The first-order valence-electron chi connectivity index (χ1n) is 6.25. The van der Waals surface area contributed by atoms with Crippen molar-refractivity contribution in [3.63, 3.8) is 0 Å². The van der Waals surface area contributed by atoms with E-state index in [1.807, 2.05) is 32.0 Å². The number of likely N-dealkylation sites (tertiary alicyclic amines) is 1. The van der Waals surface area contributed by atoms with E-state index in [2.05, 4.69) is 4.98 Å². The summed E-state index contributed by atoms with van der Waals surface area (Å²) in [5, 5.41) is 0. The van der Waals surface area contributed by atoms with Gasteiger partial charge in [-0.15, -0.1) is 0 Å². The number of ether oxygens (including phenoxy) is 1. The van der Waals surface area contributed by atoms with Crippen LogP contribution < -0.4 is 0 Å². The van der Waals surface area contributed by atoms with E-state index in [9.17, 15) is 9.59 Å². The number of carbonyl (C=O) groups excluding carboxylic acids is 2. The molecule has 1 unspecified atom stereocenters. The zero-order chi connectivity index (χ0) is 14.0. The van der Waals surface area contributed by atoms with Gasteiger partial charge in [-0.05, 0) is 26.0 Å². The van der Waals surface area contributed by atoms with Crippen molar-refractivity contribution >= 4 is 11.9 Å². The molecule has 102 valence electrons. The lowest BCUT2D eigenvalue weighted by Crippen LogP contribution is -2.46. The number of nitrogens with zero attached hydrogens (tertiary/aromatic N) is 2. The molecule has 5 nitrogen and oxygen atoms in total. The summed E-state index contributed by atoms with van der Waals surface area (Å²) in [7, 11) is 1.35. The van der Waals surface area contributed by atoms with Crippen LogP contribution in [-0.2, 0) is 20.9 Å². The Hall–Kier alpha value is -1.91. The molecule has 1 aliphatic heterocycles. The van der Waals surface area contributed by atoms with Crippen LogP contribution in [0.2, 0.25) is 0 Å². The first kappa shape index (κ1) is 13.5. The lowest BCUT2D eigenvalue weighted by Gasteiger charge is -2.34. The number of carbonyl (C=O) groups is 2. The van der Waals surface area contributed by atoms with E-state index < -0.39 is 11.5 Å². The Morgan fingerprint density at radius 2 is 2.26 bits per heavy atom. The molecule has 1 aliphatic rings. The van der Waals surface area contributed by atoms with Crippen molar-refractivity contribution in [3.05, 3.63) is 30.1 Å². The van der Waals surface area contributed by atoms with Gasteiger partial charge < -0.3 is 9.64 Å². The molecule has 5 heteroatoms. The molecular weight excluding hydrogens is 244 g/mol. The van der Waals surface area contributed by atoms with Crippen molar-refractivity contribution in [2.75, 3.05) is 7.11 Å². The van der Waals surface area contributed by atoms with Crippen LogP contribution in [0.15, 0.2) is 24.4 Å². The van der Waals surface area contributed by atoms with E-state index >= 15 is 0 Å². The molecule has 0 saturated carbocycles. The summed E-state index contributed by atoms with van der Waals surface area (Å²) in [6.45, 7) is 4.20. The highest BCUT2D eigenvalue weighted by Gasteiger charge is 2.50. The Morgan fingerprint density at radius 3 is 2.84 bits per heavy atom. The zero-order valence-corrected chi connectivity index (χ0v) is 11.4. The fourth-order valence-corrected chi connectivity index (χ4v) is 2.50. The molecule has 1 aromatic rings. The number of methoxy groups -OCH3 is 1. The van der Waals surface area contributed by atoms with Crippen LogP contribution in [0.3, 0.4) is 0 Å². The standard InChI is InChI=1S/C14H18N2O3/c1-14(2)11(13(18)19-3)8-12(17)16(14)9-10-6-4-5-7-15-10/h4-7,11H,8-9H2,1-3H3. The monoisotopic (exact) mass is 262 g/mol. The number of pyridine rings is 1. The molecule has 0 spiro atoms. The van der Waals surface area contributed by atoms with Gasteiger partial charge in [0.2, 0.25) is 5.91 Å². The molecule has 0 bridgehead atoms. The van der Waals surface area contributed by atoms with Gasteiger partial charge in [-0.3, -0.25) is 14.6 Å². The van der Waals surface area contributed by atoms with Gasteiger partial charge in [-0.1, -0.05) is 6.07 Å². The van der Waals surface area contributed by atoms with Gasteiger partial charge in [0, 0.05) is 12.6 Å². The topological polar surface area (TPSA) is 59.5 Å². The van der Waals surface area contributed by atoms with Gasteiger partial charge in [0.25, 0.3) is 0 Å². The minimum atomic E-state index is -0.554. The lowest BCUT2D eigenvalue weighted by atomic mass is 9.88. The number of amides is 1. The predicted octanol–water partition coefficient (Wildman–Crippen LogP) is 1.38. The predicted molar refractivity (Wildman–Crippen MR) is 69.0 cm³/mol. The van der Waals surface area contributed by atoms with Crippen molar-refractivity contribution < 1.29 is 14.3 Å². The Labute approximate surface area is 112 Å². The number of esters is 1. The number of hydrogen-bond donors (Lipinski definition) is 0. The molecule has 2 rings (SSSR count). The summed E-state index contributed by atoms with van der Waals surface area (Å²) in [4.78, 5) is 29.8. The summed E-state index contributed by atoms with van der Waals surface area (Å²) in [6.07, 6.45) is 1.90. The van der Waals surface area contributed by atoms with Crippen molar-refractivity contribution in [3.8, 4) is 0 Å². The van der Waals surface area contributed by atoms with Crippen molar-refractivity contribution in [1.82, 2.24) is 9.88 Å². The van der Waals surface area contributed by atoms with Crippen LogP contribution in [0.1, 0.15) is 26.0 Å². The van der Waals surface area contributed by atoms with Gasteiger partial charge in [0.15, 0.2) is 0 Å². The molecule has 0 N–H and O–H groups in total. The Kier molecular flexibility index (Phi) is 3.55. The lowest BCUT2D eigenvalue weighted by molar-refractivity contribution is -0.148. The van der Waals surface area contributed by atoms with Crippen molar-refractivity contribution in [2.45, 2.75) is 32.4 Å². The fraction of sp³-hybridized carbons (Fsp3) is 0.500. The van der Waals surface area contributed by atoms with Crippen LogP contribution in [0.5, 0.6) is 0 Å². The van der Waals surface area contributed by atoms with Crippen LogP contribution in [0, 0.1) is 5.92 Å². The third kappa shape index (κ3) is 2.45. The van der Waals surface area contributed by atoms with E-state index in [4.69, 9.17) is 4.74 Å². The average Bonchev–Trinajstić information content (AvgIpc) is 2.62. The summed E-state index contributed by atoms with van der Waals surface area (Å²) in [5.41, 5.74) is 0.260. The highest BCUT2D eigenvalue weighted by molar-refractivity contribution is 5.88. The Bertz CT molecular complexity index is 485. The largest absolute Gasteiger partial charge is 0.469 e. The van der Waals surface area contributed by atoms with E-state index in [-0.39, 0.29) is 18.3 Å². The van der Waals surface area contributed by atoms with E-state index in [1.165, 1.54) is 7.11 Å². The van der Waals surface area contributed by atoms with Crippen LogP contribution >= 0.6 is 0 Å². The zero-order valence-electron chi connectivity index (χ0n) is 11.4. The normalized spacial score (nSPS) is 21.5. The summed E-state index contributed by atoms with van der Waals surface area (Å²) < 4.78 is 4.78. The first-order chi connectivity index (χ1) is 8.96. The summed E-state index contributed by atoms with van der Waals surface area (Å²) in [5.74, 6) is -0.790. The minimum Gasteiger partial charge on any atom is -0.469 e. The Morgan fingerprint density at radius 1 is 1.53 bits per heavy atom. The Balaban J connectivity index is 2.21. The van der Waals surface area contributed by atoms with E-state index in [0.29, 0.717) is 6.54 Å². The molecule has 1 amide bonds. The molecule has 1 aromatic heterocycles. The third-order valence-electron chi connectivity index (χ3n) is 3.76. The smallest absolute Gasteiger partial charge is 0.311 e. The highest BCUT2D eigenvalue weighted by Crippen LogP contribution is 2.37. The van der Waals surface area contributed by atoms with Crippen LogP contribution in [0.4, 0.5) is 0 Å². The second-order valence-electron chi connectivity index (χ2n) is 5.23. The maximum Gasteiger partial charge on any atom is 0.311 e. The minimum absolute atomic E-state index is 0.0361. The number of rotatable bonds is 3. The summed E-state index contributed by atoms with van der Waals surface area (Å²) in [6, 6.07) is 5.58. The van der Waals surface area contributed by atoms with Gasteiger partial charge >= 0.3 is 5.97 Å². The van der Waals surface area contributed by atoms with Gasteiger partial charge in [0.05, 0.1) is 30.8 Å². The molecule has 0 aromatic carbocycles. The maximum absolute atomic E-state index is 12.1. The maximum atomic E-state index is 12.1. The molecule has 1 saturated heterocycles. The molecule has 2 heterocycles. The second kappa shape index (κ2) is 4.99. The summed E-state index contributed by atoms with van der Waals surface area (Å²) >= 11 is 0. The third-order valence-corrected chi connectivity index (χ3v) is 3.76. The molecule has 19 heavy (non-hydrogen) atoms. The van der Waals surface area contributed by atoms with Crippen molar-refractivity contribution in [1.29, 1.82) is 0 Å². The first-order valence-corrected chi connectivity index (χ1v) is 6.25. The number of aromatic nitrogens is 1. The van der Waals surface area contributed by atoms with Gasteiger partial charge in [0.1, 0.15) is 0 Å². The van der Waals surface area contributed by atoms with E-state index in [0.717, 1.165) is 5.69 Å². The second-order valence-corrected chi connectivity index (χ2v) is 5.23. The number of hydrogen-bond acceptors (Lipinski definition) is 4. The fourth-order valence-electron chi connectivity index (χ4n) is 2.50. The van der Waals surface area contributed by atoms with Crippen LogP contribution in [-0.4, -0.2) is 34.4 Å². The quantitative estimate of drug-likeness (QED) is 0.772. The average molecular weight is 262 g/mol. The van der Waals surface area contributed by atoms with Crippen LogP contribution in [0.25, 0.3) is 0 Å². The molecule has 0 radical (unpaired) electrons. The van der Waals surface area contributed by atoms with E-state index in [1.54, 1.807) is 11.1 Å². The van der Waals surface area contributed by atoms with Gasteiger partial charge in [-0.25, -0.2) is 0 Å². The molecule has 1 fully saturated rings. The van der Waals surface area contributed by atoms with Crippen molar-refractivity contribution in [2.24, 2.45) is 5.92 Å².